The number of fused-ring (bicyclic) bond motifs is 3. The van der Waals surface area contributed by atoms with Crippen molar-refractivity contribution in [2.24, 2.45) is 5.92 Å². The van der Waals surface area contributed by atoms with Crippen LogP contribution in [0.1, 0.15) is 37.5 Å². The molecule has 1 saturated carbocycles. The van der Waals surface area contributed by atoms with Crippen LogP contribution in [0.15, 0.2) is 17.6 Å². The summed E-state index contributed by atoms with van der Waals surface area (Å²) in [4.78, 5) is 19.8. The fourth-order valence-corrected chi connectivity index (χ4v) is 4.84. The van der Waals surface area contributed by atoms with Crippen LogP contribution in [0.3, 0.4) is 0 Å². The highest BCUT2D eigenvalue weighted by atomic mass is 32.1. The van der Waals surface area contributed by atoms with Crippen LogP contribution in [-0.2, 0) is 6.42 Å². The predicted molar refractivity (Wildman–Crippen MR) is 99.3 cm³/mol. The molecule has 0 atom stereocenters. The molecule has 26 heavy (non-hydrogen) atoms. The van der Waals surface area contributed by atoms with Gasteiger partial charge in [-0.3, -0.25) is 4.98 Å². The number of nitriles is 1. The Kier molecular flexibility index (Phi) is 4.47. The molecular formula is C18H19N5O2S. The van der Waals surface area contributed by atoms with Gasteiger partial charge in [-0.25, -0.2) is 9.78 Å². The fraction of sp³-hybridized carbons (Fsp3) is 0.444. The number of nitrogens with zero attached hydrogens (tertiary/aromatic N) is 4. The van der Waals surface area contributed by atoms with Crippen molar-refractivity contribution < 1.29 is 9.90 Å². The normalized spacial score (nSPS) is 20.3. The van der Waals surface area contributed by atoms with Crippen molar-refractivity contribution in [3.63, 3.8) is 0 Å². The first-order valence-electron chi connectivity index (χ1n) is 8.74. The van der Waals surface area contributed by atoms with Crippen LogP contribution in [0.25, 0.3) is 21.3 Å². The molecule has 0 unspecified atom stereocenters. The molecule has 8 heteroatoms. The van der Waals surface area contributed by atoms with Crippen molar-refractivity contribution in [1.29, 1.82) is 5.26 Å². The fourth-order valence-electron chi connectivity index (χ4n) is 3.95. The van der Waals surface area contributed by atoms with Gasteiger partial charge in [0.25, 0.3) is 0 Å². The maximum absolute atomic E-state index is 10.7. The van der Waals surface area contributed by atoms with Gasteiger partial charge in [0, 0.05) is 12.6 Å². The van der Waals surface area contributed by atoms with E-state index in [4.69, 9.17) is 5.11 Å². The predicted octanol–water partition coefficient (Wildman–Crippen LogP) is 3.71. The highest BCUT2D eigenvalue weighted by molar-refractivity contribution is 7.18. The molecule has 3 aromatic heterocycles. The number of amides is 1. The summed E-state index contributed by atoms with van der Waals surface area (Å²) in [6.45, 7) is 0.511. The third-order valence-corrected chi connectivity index (χ3v) is 6.07. The molecule has 134 valence electrons. The van der Waals surface area contributed by atoms with Crippen LogP contribution in [0.2, 0.25) is 0 Å². The molecule has 0 spiro atoms. The number of hydrogen-bond donors (Lipinski definition) is 2. The highest BCUT2D eigenvalue weighted by Crippen LogP contribution is 2.38. The Hall–Kier alpha value is -2.66. The van der Waals surface area contributed by atoms with Gasteiger partial charge in [-0.15, -0.1) is 11.3 Å². The average molecular weight is 369 g/mol. The van der Waals surface area contributed by atoms with Crippen molar-refractivity contribution in [2.45, 2.75) is 38.1 Å². The van der Waals surface area contributed by atoms with Crippen LogP contribution >= 0.6 is 11.3 Å². The quantitative estimate of drug-likeness (QED) is 0.729. The zero-order chi connectivity index (χ0) is 18.1. The van der Waals surface area contributed by atoms with E-state index in [0.29, 0.717) is 12.5 Å². The zero-order valence-electron chi connectivity index (χ0n) is 14.2. The van der Waals surface area contributed by atoms with E-state index in [2.05, 4.69) is 25.9 Å². The van der Waals surface area contributed by atoms with Crippen LogP contribution < -0.4 is 5.32 Å². The number of carboxylic acid groups (broad SMARTS) is 1. The van der Waals surface area contributed by atoms with E-state index >= 15 is 0 Å². The summed E-state index contributed by atoms with van der Waals surface area (Å²) >= 11 is 1.66. The molecule has 7 nitrogen and oxygen atoms in total. The highest BCUT2D eigenvalue weighted by Gasteiger charge is 2.27. The van der Waals surface area contributed by atoms with Gasteiger partial charge < -0.3 is 15.0 Å². The molecule has 4 rings (SSSR count). The summed E-state index contributed by atoms with van der Waals surface area (Å²) < 4.78 is 3.37. The Morgan fingerprint density at radius 1 is 1.38 bits per heavy atom. The first-order valence-corrected chi connectivity index (χ1v) is 9.62. The number of pyridine rings is 1. The van der Waals surface area contributed by atoms with Crippen molar-refractivity contribution in [3.8, 4) is 6.07 Å². The zero-order valence-corrected chi connectivity index (χ0v) is 15.0. The van der Waals surface area contributed by atoms with Gasteiger partial charge in [0.15, 0.2) is 0 Å². The first kappa shape index (κ1) is 16.8. The molecule has 1 amide bonds. The number of aromatic nitrogens is 3. The molecular weight excluding hydrogens is 350 g/mol. The lowest BCUT2D eigenvalue weighted by atomic mass is 9.85. The Bertz CT molecular complexity index is 994. The van der Waals surface area contributed by atoms with E-state index in [1.54, 1.807) is 17.5 Å². The SMILES string of the molecule is N#CCc1nc2cnc3ccsc3c2n1C1CCC(CNC(=O)O)CC1. The lowest BCUT2D eigenvalue weighted by molar-refractivity contribution is 0.188. The van der Waals surface area contributed by atoms with Gasteiger partial charge in [-0.05, 0) is 43.0 Å². The minimum atomic E-state index is -0.961. The lowest BCUT2D eigenvalue weighted by Crippen LogP contribution is -2.30. The Morgan fingerprint density at radius 3 is 2.92 bits per heavy atom. The molecule has 1 aliphatic carbocycles. The molecule has 3 aromatic rings. The number of nitrogens with one attached hydrogen (secondary N) is 1. The second kappa shape index (κ2) is 6.92. The second-order valence-electron chi connectivity index (χ2n) is 6.72. The average Bonchev–Trinajstić information content (AvgIpc) is 3.24. The lowest BCUT2D eigenvalue weighted by Gasteiger charge is -2.30. The molecule has 0 aromatic carbocycles. The van der Waals surface area contributed by atoms with Crippen molar-refractivity contribution in [3.05, 3.63) is 23.5 Å². The molecule has 0 bridgehead atoms. The van der Waals surface area contributed by atoms with Crippen molar-refractivity contribution in [2.75, 3.05) is 6.54 Å². The maximum atomic E-state index is 10.7. The summed E-state index contributed by atoms with van der Waals surface area (Å²) in [5.74, 6) is 1.18. The molecule has 0 saturated heterocycles. The smallest absolute Gasteiger partial charge is 0.404 e. The Morgan fingerprint density at radius 2 is 2.19 bits per heavy atom. The molecule has 1 aliphatic rings. The molecule has 0 aliphatic heterocycles. The topological polar surface area (TPSA) is 104 Å². The minimum absolute atomic E-state index is 0.280. The van der Waals surface area contributed by atoms with Gasteiger partial charge in [-0.2, -0.15) is 5.26 Å². The largest absolute Gasteiger partial charge is 0.465 e. The monoisotopic (exact) mass is 369 g/mol. The minimum Gasteiger partial charge on any atom is -0.465 e. The summed E-state index contributed by atoms with van der Waals surface area (Å²) in [5.41, 5.74) is 2.90. The van der Waals surface area contributed by atoms with Crippen molar-refractivity contribution in [1.82, 2.24) is 19.9 Å². The van der Waals surface area contributed by atoms with Gasteiger partial charge >= 0.3 is 6.09 Å². The summed E-state index contributed by atoms with van der Waals surface area (Å²) in [5, 5.41) is 22.5. The molecule has 1 fully saturated rings. The van der Waals surface area contributed by atoms with E-state index in [-0.39, 0.29) is 12.5 Å². The van der Waals surface area contributed by atoms with Crippen LogP contribution in [-0.4, -0.2) is 32.3 Å². The number of imidazole rings is 1. The van der Waals surface area contributed by atoms with Crippen molar-refractivity contribution >= 4 is 38.7 Å². The molecule has 3 heterocycles. The van der Waals surface area contributed by atoms with E-state index < -0.39 is 6.09 Å². The van der Waals surface area contributed by atoms with E-state index in [1.165, 1.54) is 0 Å². The maximum Gasteiger partial charge on any atom is 0.404 e. The van der Waals surface area contributed by atoms with Crippen LogP contribution in [0.4, 0.5) is 4.79 Å². The Balaban J connectivity index is 1.67. The summed E-state index contributed by atoms with van der Waals surface area (Å²) in [6, 6.07) is 4.53. The van der Waals surface area contributed by atoms with Gasteiger partial charge in [0.2, 0.25) is 0 Å². The van der Waals surface area contributed by atoms with E-state index in [1.807, 2.05) is 11.4 Å². The third kappa shape index (κ3) is 2.99. The van der Waals surface area contributed by atoms with Gasteiger partial charge in [0.1, 0.15) is 11.3 Å². The third-order valence-electron chi connectivity index (χ3n) is 5.16. The number of thiophene rings is 1. The number of carbonyl (C=O) groups is 1. The molecule has 2 N–H and O–H groups in total. The standard InChI is InChI=1S/C18H19N5O2S/c19-7-5-15-22-14-10-20-13-6-8-26-17(13)16(14)23(15)12-3-1-11(2-4-12)9-21-18(24)25/h6,8,10-12,21H,1-5,9H2,(H,24,25). The summed E-state index contributed by atoms with van der Waals surface area (Å²) in [7, 11) is 0. The first-order chi connectivity index (χ1) is 12.7. The number of rotatable bonds is 4. The summed E-state index contributed by atoms with van der Waals surface area (Å²) in [6.07, 6.45) is 4.98. The molecule has 0 radical (unpaired) electrons. The Labute approximate surface area is 154 Å². The van der Waals surface area contributed by atoms with E-state index in [0.717, 1.165) is 52.8 Å². The van der Waals surface area contributed by atoms with E-state index in [9.17, 15) is 10.1 Å². The van der Waals surface area contributed by atoms with Crippen LogP contribution in [0, 0.1) is 17.2 Å². The number of hydrogen-bond acceptors (Lipinski definition) is 5. The van der Waals surface area contributed by atoms with Crippen LogP contribution in [0.5, 0.6) is 0 Å². The second-order valence-corrected chi connectivity index (χ2v) is 7.64. The van der Waals surface area contributed by atoms with Gasteiger partial charge in [0.05, 0.1) is 34.4 Å². The van der Waals surface area contributed by atoms with Gasteiger partial charge in [-0.1, -0.05) is 0 Å².